The van der Waals surface area contributed by atoms with Gasteiger partial charge in [0, 0.05) is 15.2 Å². The highest BCUT2D eigenvalue weighted by Crippen LogP contribution is 2.20. The first-order valence-electron chi connectivity index (χ1n) is 7.14. The van der Waals surface area contributed by atoms with Gasteiger partial charge in [-0.05, 0) is 16.0 Å². The van der Waals surface area contributed by atoms with Gasteiger partial charge in [-0.3, -0.25) is 0 Å². The Labute approximate surface area is 124 Å². The van der Waals surface area contributed by atoms with Crippen LogP contribution in [0.3, 0.4) is 0 Å². The van der Waals surface area contributed by atoms with Crippen LogP contribution in [0.2, 0.25) is 25.3 Å². The minimum absolute atomic E-state index is 1.21. The van der Waals surface area contributed by atoms with E-state index in [0.29, 0.717) is 0 Å². The smallest absolute Gasteiger partial charge is 0.252 e. The second-order valence-corrected chi connectivity index (χ2v) is 16.3. The SMILES string of the molecule is CO[Si](C[Si](C)(C)C)(c1ccccc1)c1ccccc1. The minimum atomic E-state index is -2.10. The van der Waals surface area contributed by atoms with Crippen LogP contribution in [-0.4, -0.2) is 23.5 Å². The molecule has 0 aliphatic carbocycles. The molecule has 0 aliphatic heterocycles. The van der Waals surface area contributed by atoms with E-state index in [2.05, 4.69) is 80.3 Å². The van der Waals surface area contributed by atoms with Gasteiger partial charge in [0.15, 0.2) is 0 Å². The van der Waals surface area contributed by atoms with E-state index in [1.165, 1.54) is 16.0 Å². The molecule has 0 aliphatic rings. The van der Waals surface area contributed by atoms with Crippen molar-refractivity contribution in [2.75, 3.05) is 7.11 Å². The maximum Gasteiger partial charge on any atom is 0.252 e. The summed E-state index contributed by atoms with van der Waals surface area (Å²) in [7, 11) is -1.44. The van der Waals surface area contributed by atoms with Crippen molar-refractivity contribution >= 4 is 26.8 Å². The van der Waals surface area contributed by atoms with Gasteiger partial charge in [0.25, 0.3) is 8.32 Å². The molecule has 1 nitrogen and oxygen atoms in total. The second kappa shape index (κ2) is 6.08. The van der Waals surface area contributed by atoms with Gasteiger partial charge in [0.05, 0.1) is 0 Å². The van der Waals surface area contributed by atoms with Crippen LogP contribution in [0.15, 0.2) is 60.7 Å². The third-order valence-electron chi connectivity index (χ3n) is 3.61. The van der Waals surface area contributed by atoms with E-state index in [1.807, 2.05) is 7.11 Å². The molecule has 0 fully saturated rings. The summed E-state index contributed by atoms with van der Waals surface area (Å²) >= 11 is 0. The van der Waals surface area contributed by atoms with Crippen molar-refractivity contribution in [2.24, 2.45) is 0 Å². The van der Waals surface area contributed by atoms with Crippen LogP contribution in [0, 0.1) is 0 Å². The Morgan fingerprint density at radius 1 is 0.750 bits per heavy atom. The van der Waals surface area contributed by atoms with Gasteiger partial charge in [-0.2, -0.15) is 0 Å². The van der Waals surface area contributed by atoms with Crippen molar-refractivity contribution in [1.29, 1.82) is 0 Å². The first-order valence-corrected chi connectivity index (χ1v) is 13.0. The molecule has 0 saturated heterocycles. The van der Waals surface area contributed by atoms with E-state index < -0.39 is 16.4 Å². The van der Waals surface area contributed by atoms with Gasteiger partial charge in [0.1, 0.15) is 0 Å². The average Bonchev–Trinajstić information content (AvgIpc) is 2.46. The highest BCUT2D eigenvalue weighted by molar-refractivity contribution is 7.06. The summed E-state index contributed by atoms with van der Waals surface area (Å²) in [5, 5.41) is 2.77. The monoisotopic (exact) mass is 300 g/mol. The fraction of sp³-hybridized carbons (Fsp3) is 0.294. The van der Waals surface area contributed by atoms with Crippen molar-refractivity contribution in [1.82, 2.24) is 0 Å². The van der Waals surface area contributed by atoms with E-state index in [1.54, 1.807) is 0 Å². The zero-order chi connectivity index (χ0) is 14.6. The molecule has 0 N–H and O–H groups in total. The molecule has 20 heavy (non-hydrogen) atoms. The lowest BCUT2D eigenvalue weighted by Gasteiger charge is -2.35. The van der Waals surface area contributed by atoms with E-state index in [9.17, 15) is 0 Å². The fourth-order valence-electron chi connectivity index (χ4n) is 2.84. The Morgan fingerprint density at radius 2 is 1.15 bits per heavy atom. The molecule has 3 heteroatoms. The summed E-state index contributed by atoms with van der Waals surface area (Å²) < 4.78 is 6.26. The van der Waals surface area contributed by atoms with E-state index >= 15 is 0 Å². The Kier molecular flexibility index (Phi) is 4.63. The van der Waals surface area contributed by atoms with Gasteiger partial charge in [-0.15, -0.1) is 0 Å². The molecule has 0 spiro atoms. The van der Waals surface area contributed by atoms with E-state index in [4.69, 9.17) is 4.43 Å². The second-order valence-electron chi connectivity index (χ2n) is 6.50. The maximum absolute atomic E-state index is 6.26. The summed E-state index contributed by atoms with van der Waals surface area (Å²) in [5.41, 5.74) is 1.21. The topological polar surface area (TPSA) is 9.23 Å². The predicted octanol–water partition coefficient (Wildman–Crippen LogP) is 3.27. The Morgan fingerprint density at radius 3 is 1.45 bits per heavy atom. The standard InChI is InChI=1S/C17H24OSi2/c1-18-20(15-19(2,3)4,16-11-7-5-8-12-16)17-13-9-6-10-14-17/h5-14H,15H2,1-4H3. The fourth-order valence-corrected chi connectivity index (χ4v) is 13.3. The molecule has 0 heterocycles. The first-order chi connectivity index (χ1) is 9.48. The van der Waals surface area contributed by atoms with Crippen LogP contribution >= 0.6 is 0 Å². The van der Waals surface area contributed by atoms with Crippen molar-refractivity contribution in [3.05, 3.63) is 60.7 Å². The van der Waals surface area contributed by atoms with Gasteiger partial charge in [-0.25, -0.2) is 0 Å². The van der Waals surface area contributed by atoms with Crippen LogP contribution in [-0.2, 0) is 4.43 Å². The maximum atomic E-state index is 6.26. The lowest BCUT2D eigenvalue weighted by Crippen LogP contribution is -2.63. The van der Waals surface area contributed by atoms with E-state index in [-0.39, 0.29) is 0 Å². The average molecular weight is 301 g/mol. The van der Waals surface area contributed by atoms with Crippen LogP contribution in [0.1, 0.15) is 0 Å². The molecular weight excluding hydrogens is 276 g/mol. The summed E-state index contributed by atoms with van der Waals surface area (Å²) in [6.45, 7) is 7.29. The molecule has 2 rings (SSSR count). The molecule has 106 valence electrons. The van der Waals surface area contributed by atoms with Crippen LogP contribution in [0.4, 0.5) is 0 Å². The molecule has 0 unspecified atom stereocenters. The number of benzene rings is 2. The van der Waals surface area contributed by atoms with Crippen molar-refractivity contribution in [3.8, 4) is 0 Å². The van der Waals surface area contributed by atoms with Crippen LogP contribution < -0.4 is 10.4 Å². The molecule has 0 bridgehead atoms. The summed E-state index contributed by atoms with van der Waals surface area (Å²) in [4.78, 5) is 0. The van der Waals surface area contributed by atoms with Gasteiger partial charge < -0.3 is 4.43 Å². The highest BCUT2D eigenvalue weighted by Gasteiger charge is 2.42. The van der Waals surface area contributed by atoms with Crippen molar-refractivity contribution in [3.63, 3.8) is 0 Å². The van der Waals surface area contributed by atoms with Crippen LogP contribution in [0.25, 0.3) is 0 Å². The highest BCUT2D eigenvalue weighted by atomic mass is 28.4. The lowest BCUT2D eigenvalue weighted by molar-refractivity contribution is 0.419. The molecule has 0 atom stereocenters. The quantitative estimate of drug-likeness (QED) is 0.770. The number of hydrogen-bond donors (Lipinski definition) is 0. The van der Waals surface area contributed by atoms with Crippen LogP contribution in [0.5, 0.6) is 0 Å². The zero-order valence-electron chi connectivity index (χ0n) is 12.9. The molecule has 0 saturated carbocycles. The molecule has 2 aromatic carbocycles. The molecule has 0 radical (unpaired) electrons. The third kappa shape index (κ3) is 3.29. The minimum Gasteiger partial charge on any atom is -0.411 e. The Balaban J connectivity index is 2.58. The van der Waals surface area contributed by atoms with Gasteiger partial charge in [-0.1, -0.05) is 80.3 Å². The molecule has 2 aromatic rings. The molecule has 0 amide bonds. The first kappa shape index (κ1) is 15.2. The summed E-state index contributed by atoms with van der Waals surface area (Å²) in [6, 6.07) is 21.6. The summed E-state index contributed by atoms with van der Waals surface area (Å²) in [6.07, 6.45) is 0. The largest absolute Gasteiger partial charge is 0.411 e. The van der Waals surface area contributed by atoms with Gasteiger partial charge in [0.2, 0.25) is 0 Å². The normalized spacial score (nSPS) is 12.4. The van der Waals surface area contributed by atoms with E-state index in [0.717, 1.165) is 0 Å². The molecule has 0 aromatic heterocycles. The predicted molar refractivity (Wildman–Crippen MR) is 93.1 cm³/mol. The van der Waals surface area contributed by atoms with Crippen molar-refractivity contribution in [2.45, 2.75) is 25.3 Å². The Bertz CT molecular complexity index is 492. The third-order valence-corrected chi connectivity index (χ3v) is 13.1. The zero-order valence-corrected chi connectivity index (χ0v) is 14.9. The van der Waals surface area contributed by atoms with Crippen molar-refractivity contribution < 1.29 is 4.43 Å². The van der Waals surface area contributed by atoms with Gasteiger partial charge >= 0.3 is 0 Å². The lowest BCUT2D eigenvalue weighted by atomic mass is 10.4. The molecular formula is C17H24OSi2. The number of hydrogen-bond acceptors (Lipinski definition) is 1. The number of rotatable bonds is 5. The summed E-state index contributed by atoms with van der Waals surface area (Å²) in [5.74, 6) is 0. The Hall–Kier alpha value is -1.17.